The molecule has 0 radical (unpaired) electrons. The van der Waals surface area contributed by atoms with E-state index in [1.54, 1.807) is 28.9 Å². The van der Waals surface area contributed by atoms with E-state index in [-0.39, 0.29) is 37.3 Å². The number of aliphatic hydroxyl groups excluding tert-OH is 1. The molecular formula is C32H41N3O7. The molecule has 1 spiro atoms. The fourth-order valence-corrected chi connectivity index (χ4v) is 6.64. The molecule has 42 heavy (non-hydrogen) atoms. The minimum absolute atomic E-state index is 0.114. The predicted molar refractivity (Wildman–Crippen MR) is 154 cm³/mol. The first-order valence-corrected chi connectivity index (χ1v) is 15.1. The molecule has 0 aliphatic carbocycles. The smallest absolute Gasteiger partial charge is 0.313 e. The molecule has 4 aliphatic heterocycles. The Morgan fingerprint density at radius 2 is 1.81 bits per heavy atom. The highest BCUT2D eigenvalue weighted by molar-refractivity contribution is 5.99. The van der Waals surface area contributed by atoms with Gasteiger partial charge in [-0.1, -0.05) is 67.5 Å². The van der Waals surface area contributed by atoms with E-state index in [0.717, 1.165) is 18.4 Å². The number of likely N-dealkylation sites (tertiary alicyclic amines) is 1. The second-order valence-corrected chi connectivity index (χ2v) is 11.6. The van der Waals surface area contributed by atoms with Gasteiger partial charge in [0.1, 0.15) is 23.7 Å². The highest BCUT2D eigenvalue weighted by atomic mass is 16.6. The molecule has 1 aromatic carbocycles. The van der Waals surface area contributed by atoms with Crippen LogP contribution in [0.2, 0.25) is 0 Å². The molecule has 10 nitrogen and oxygen atoms in total. The molecule has 2 N–H and O–H groups in total. The number of unbranched alkanes of at least 4 members (excludes halogenated alkanes) is 3. The van der Waals surface area contributed by atoms with Gasteiger partial charge < -0.3 is 29.7 Å². The van der Waals surface area contributed by atoms with Gasteiger partial charge in [0.15, 0.2) is 0 Å². The number of nitrogens with zero attached hydrogens (tertiary/aromatic N) is 2. The molecule has 3 amide bonds. The maximum Gasteiger partial charge on any atom is 0.313 e. The average Bonchev–Trinajstić information content (AvgIpc) is 3.36. The molecule has 1 aromatic rings. The topological polar surface area (TPSA) is 125 Å². The van der Waals surface area contributed by atoms with E-state index >= 15 is 0 Å². The fourth-order valence-electron chi connectivity index (χ4n) is 6.64. The van der Waals surface area contributed by atoms with Gasteiger partial charge in [-0.05, 0) is 31.7 Å². The molecule has 4 heterocycles. The molecule has 10 heteroatoms. The molecule has 0 aromatic heterocycles. The Morgan fingerprint density at radius 3 is 2.60 bits per heavy atom. The summed E-state index contributed by atoms with van der Waals surface area (Å²) in [4.78, 5) is 57.9. The Morgan fingerprint density at radius 1 is 1.02 bits per heavy atom. The maximum absolute atomic E-state index is 14.4. The first-order valence-electron chi connectivity index (χ1n) is 15.1. The van der Waals surface area contributed by atoms with Gasteiger partial charge in [0.05, 0.1) is 18.6 Å². The Hall–Kier alpha value is -3.50. The third-order valence-electron chi connectivity index (χ3n) is 8.64. The van der Waals surface area contributed by atoms with Crippen molar-refractivity contribution in [2.45, 2.75) is 75.8 Å². The van der Waals surface area contributed by atoms with Crippen LogP contribution in [0.1, 0.15) is 51.0 Å². The van der Waals surface area contributed by atoms with Crippen LogP contribution in [0.15, 0.2) is 54.6 Å². The minimum atomic E-state index is -1.33. The number of carbonyl (C=O) groups excluding carboxylic acids is 4. The standard InChI is InChI=1S/C32H41N3O7/c1-22-20-33-25(37)15-8-7-14-24-26(31(40)41-22)27-29(38)35(18-9-2-3-10-19-36)28-30(39)34(17-11-16-32(27,28)42-24)21-23-12-5-4-6-13-23/h4-7,11-14,16,22,24,26-28,36H,2-3,8-10,15,17-21H2,1H3,(H,33,37)/b14-7-/t22-,24-,26+,27+,28-,32+/m1/s1. The number of cyclic esters (lactones) is 1. The molecular weight excluding hydrogens is 538 g/mol. The van der Waals surface area contributed by atoms with Crippen molar-refractivity contribution >= 4 is 23.7 Å². The summed E-state index contributed by atoms with van der Waals surface area (Å²) in [6, 6.07) is 8.78. The van der Waals surface area contributed by atoms with E-state index in [4.69, 9.17) is 14.6 Å². The molecule has 0 bridgehead atoms. The first kappa shape index (κ1) is 30.0. The molecule has 226 valence electrons. The van der Waals surface area contributed by atoms with Crippen LogP contribution in [-0.2, 0) is 35.2 Å². The number of ether oxygens (including phenoxy) is 2. The monoisotopic (exact) mass is 579 g/mol. The van der Waals surface area contributed by atoms with E-state index in [1.165, 1.54) is 0 Å². The van der Waals surface area contributed by atoms with Crippen LogP contribution in [0.4, 0.5) is 0 Å². The Balaban J connectivity index is 1.50. The summed E-state index contributed by atoms with van der Waals surface area (Å²) in [7, 11) is 0. The highest BCUT2D eigenvalue weighted by Gasteiger charge is 2.71. The number of carbonyl (C=O) groups is 4. The Kier molecular flexibility index (Phi) is 9.43. The number of fused-ring (bicyclic) bond motifs is 2. The van der Waals surface area contributed by atoms with Crippen molar-refractivity contribution in [3.63, 3.8) is 0 Å². The van der Waals surface area contributed by atoms with Crippen LogP contribution in [0, 0.1) is 11.8 Å². The van der Waals surface area contributed by atoms with Gasteiger partial charge in [-0.15, -0.1) is 0 Å². The zero-order valence-electron chi connectivity index (χ0n) is 24.2. The summed E-state index contributed by atoms with van der Waals surface area (Å²) in [5.41, 5.74) is -0.357. The summed E-state index contributed by atoms with van der Waals surface area (Å²) >= 11 is 0. The van der Waals surface area contributed by atoms with Crippen molar-refractivity contribution in [3.8, 4) is 0 Å². The normalized spacial score (nSPS) is 32.2. The number of benzene rings is 1. The van der Waals surface area contributed by atoms with E-state index in [1.807, 2.05) is 42.5 Å². The number of hydrogen-bond acceptors (Lipinski definition) is 7. The largest absolute Gasteiger partial charge is 0.460 e. The minimum Gasteiger partial charge on any atom is -0.460 e. The summed E-state index contributed by atoms with van der Waals surface area (Å²) < 4.78 is 12.4. The van der Waals surface area contributed by atoms with Crippen LogP contribution in [0.3, 0.4) is 0 Å². The van der Waals surface area contributed by atoms with Crippen molar-refractivity contribution in [1.82, 2.24) is 15.1 Å². The van der Waals surface area contributed by atoms with Crippen LogP contribution >= 0.6 is 0 Å². The van der Waals surface area contributed by atoms with E-state index in [9.17, 15) is 19.2 Å². The van der Waals surface area contributed by atoms with Gasteiger partial charge in [-0.25, -0.2) is 0 Å². The zero-order chi connectivity index (χ0) is 29.7. The Bertz CT molecular complexity index is 1220. The average molecular weight is 580 g/mol. The van der Waals surface area contributed by atoms with Crippen molar-refractivity contribution in [2.24, 2.45) is 11.8 Å². The third kappa shape index (κ3) is 6.01. The van der Waals surface area contributed by atoms with Gasteiger partial charge in [-0.2, -0.15) is 0 Å². The van der Waals surface area contributed by atoms with Gasteiger partial charge in [0.2, 0.25) is 17.7 Å². The number of nitrogens with one attached hydrogen (secondary N) is 1. The SMILES string of the molecule is C[C@@H]1CNC(=O)CC/C=C\[C@H]2O[C@]34C=CCN(Cc5ccccc5)C(=O)[C@H]3N(CCCCCCO)C(=O)[C@@H]4[C@H]2C(=O)O1. The van der Waals surface area contributed by atoms with Gasteiger partial charge in [0.25, 0.3) is 0 Å². The van der Waals surface area contributed by atoms with E-state index in [2.05, 4.69) is 5.32 Å². The quantitative estimate of drug-likeness (QED) is 0.275. The number of esters is 1. The number of hydrogen-bond donors (Lipinski definition) is 2. The zero-order valence-corrected chi connectivity index (χ0v) is 24.2. The third-order valence-corrected chi connectivity index (χ3v) is 8.64. The van der Waals surface area contributed by atoms with Crippen LogP contribution in [0.25, 0.3) is 0 Å². The van der Waals surface area contributed by atoms with Crippen LogP contribution in [0.5, 0.6) is 0 Å². The van der Waals surface area contributed by atoms with Gasteiger partial charge in [0, 0.05) is 32.7 Å². The summed E-state index contributed by atoms with van der Waals surface area (Å²) in [5.74, 6) is -3.07. The number of aliphatic hydroxyl groups is 1. The van der Waals surface area contributed by atoms with Crippen molar-refractivity contribution in [1.29, 1.82) is 0 Å². The number of allylic oxidation sites excluding steroid dienone is 1. The van der Waals surface area contributed by atoms with Crippen molar-refractivity contribution in [3.05, 3.63) is 60.2 Å². The molecule has 0 unspecified atom stereocenters. The molecule has 0 saturated carbocycles. The summed E-state index contributed by atoms with van der Waals surface area (Å²) in [6.45, 7) is 3.07. The van der Waals surface area contributed by atoms with Crippen LogP contribution < -0.4 is 5.32 Å². The number of amides is 3. The Labute approximate surface area is 246 Å². The molecule has 2 fully saturated rings. The van der Waals surface area contributed by atoms with Crippen molar-refractivity contribution in [2.75, 3.05) is 26.2 Å². The maximum atomic E-state index is 14.4. The lowest BCUT2D eigenvalue weighted by molar-refractivity contribution is -0.158. The van der Waals surface area contributed by atoms with Gasteiger partial charge >= 0.3 is 5.97 Å². The highest BCUT2D eigenvalue weighted by Crippen LogP contribution is 2.53. The molecule has 2 saturated heterocycles. The predicted octanol–water partition coefficient (Wildman–Crippen LogP) is 2.12. The van der Waals surface area contributed by atoms with Gasteiger partial charge in [-0.3, -0.25) is 19.2 Å². The molecule has 4 aliphatic rings. The molecule has 5 rings (SSSR count). The lowest BCUT2D eigenvalue weighted by atomic mass is 9.78. The van der Waals surface area contributed by atoms with Crippen molar-refractivity contribution < 1.29 is 33.8 Å². The molecule has 6 atom stereocenters. The van der Waals surface area contributed by atoms with E-state index < -0.39 is 41.7 Å². The summed E-state index contributed by atoms with van der Waals surface area (Å²) in [5, 5.41) is 11.9. The lowest BCUT2D eigenvalue weighted by Crippen LogP contribution is -2.55. The second kappa shape index (κ2) is 13.2. The fraction of sp³-hybridized carbons (Fsp3) is 0.562. The van der Waals surface area contributed by atoms with Crippen LogP contribution in [-0.4, -0.2) is 88.7 Å². The lowest BCUT2D eigenvalue weighted by Gasteiger charge is -2.35. The first-order chi connectivity index (χ1) is 20.4. The second-order valence-electron chi connectivity index (χ2n) is 11.6. The number of rotatable bonds is 8. The van der Waals surface area contributed by atoms with E-state index in [0.29, 0.717) is 38.9 Å². The summed E-state index contributed by atoms with van der Waals surface area (Å²) in [6.07, 6.45) is 9.57.